The standard InChI is InChI=1S/C17H10INO/c18-14-7-8-16-15(10-14)19-17(20-16)13-6-5-11-3-1-2-4-12(11)9-13/h1-10H. The summed E-state index contributed by atoms with van der Waals surface area (Å²) >= 11 is 2.28. The Morgan fingerprint density at radius 2 is 1.70 bits per heavy atom. The number of oxazole rings is 1. The van der Waals surface area contributed by atoms with Gasteiger partial charge < -0.3 is 4.42 Å². The lowest BCUT2D eigenvalue weighted by molar-refractivity contribution is 0.620. The predicted molar refractivity (Wildman–Crippen MR) is 89.7 cm³/mol. The van der Waals surface area contributed by atoms with E-state index in [0.29, 0.717) is 5.89 Å². The van der Waals surface area contributed by atoms with Gasteiger partial charge in [-0.2, -0.15) is 0 Å². The Kier molecular flexibility index (Phi) is 2.73. The number of hydrogen-bond donors (Lipinski definition) is 0. The monoisotopic (exact) mass is 371 g/mol. The van der Waals surface area contributed by atoms with Crippen LogP contribution < -0.4 is 0 Å². The lowest BCUT2D eigenvalue weighted by atomic mass is 10.1. The summed E-state index contributed by atoms with van der Waals surface area (Å²) in [6.45, 7) is 0. The van der Waals surface area contributed by atoms with E-state index in [2.05, 4.69) is 57.9 Å². The van der Waals surface area contributed by atoms with Crippen LogP contribution in [0.2, 0.25) is 0 Å². The Balaban J connectivity index is 1.91. The highest BCUT2D eigenvalue weighted by Gasteiger charge is 2.08. The van der Waals surface area contributed by atoms with Gasteiger partial charge in [-0.1, -0.05) is 30.3 Å². The Morgan fingerprint density at radius 1 is 0.850 bits per heavy atom. The summed E-state index contributed by atoms with van der Waals surface area (Å²) in [4.78, 5) is 4.58. The Morgan fingerprint density at radius 3 is 2.60 bits per heavy atom. The summed E-state index contributed by atoms with van der Waals surface area (Å²) in [5.74, 6) is 0.674. The second-order valence-electron chi connectivity index (χ2n) is 4.69. The van der Waals surface area contributed by atoms with Crippen molar-refractivity contribution in [3.63, 3.8) is 0 Å². The van der Waals surface area contributed by atoms with Gasteiger partial charge in [-0.15, -0.1) is 0 Å². The summed E-state index contributed by atoms with van der Waals surface area (Å²) in [6, 6.07) is 20.6. The van der Waals surface area contributed by atoms with Crippen LogP contribution >= 0.6 is 22.6 Å². The van der Waals surface area contributed by atoms with Crippen molar-refractivity contribution in [3.05, 3.63) is 64.2 Å². The molecule has 4 rings (SSSR count). The van der Waals surface area contributed by atoms with E-state index >= 15 is 0 Å². The van der Waals surface area contributed by atoms with Crippen molar-refractivity contribution in [1.29, 1.82) is 0 Å². The maximum absolute atomic E-state index is 5.84. The molecule has 0 atom stereocenters. The van der Waals surface area contributed by atoms with Crippen LogP contribution in [0.5, 0.6) is 0 Å². The van der Waals surface area contributed by atoms with Crippen molar-refractivity contribution in [2.24, 2.45) is 0 Å². The third-order valence-electron chi connectivity index (χ3n) is 3.35. The highest BCUT2D eigenvalue weighted by atomic mass is 127. The molecule has 0 unspecified atom stereocenters. The molecule has 0 fully saturated rings. The SMILES string of the molecule is Ic1ccc2oc(-c3ccc4ccccc4c3)nc2c1. The van der Waals surface area contributed by atoms with E-state index in [9.17, 15) is 0 Å². The minimum atomic E-state index is 0.674. The van der Waals surface area contributed by atoms with Crippen LogP contribution in [-0.2, 0) is 0 Å². The number of nitrogens with zero attached hydrogens (tertiary/aromatic N) is 1. The summed E-state index contributed by atoms with van der Waals surface area (Å²) in [6.07, 6.45) is 0. The number of hydrogen-bond acceptors (Lipinski definition) is 2. The first-order valence-corrected chi connectivity index (χ1v) is 7.43. The molecule has 0 saturated heterocycles. The van der Waals surface area contributed by atoms with Crippen molar-refractivity contribution < 1.29 is 4.42 Å². The van der Waals surface area contributed by atoms with Crippen LogP contribution in [-0.4, -0.2) is 4.98 Å². The molecule has 20 heavy (non-hydrogen) atoms. The molecule has 0 radical (unpaired) electrons. The van der Waals surface area contributed by atoms with E-state index in [0.717, 1.165) is 20.2 Å². The van der Waals surface area contributed by atoms with Crippen LogP contribution in [0, 0.1) is 3.57 Å². The second-order valence-corrected chi connectivity index (χ2v) is 5.94. The topological polar surface area (TPSA) is 26.0 Å². The summed E-state index contributed by atoms with van der Waals surface area (Å²) < 4.78 is 7.00. The van der Waals surface area contributed by atoms with Gasteiger partial charge in [0.15, 0.2) is 5.58 Å². The zero-order chi connectivity index (χ0) is 13.5. The third-order valence-corrected chi connectivity index (χ3v) is 4.02. The Labute approximate surface area is 129 Å². The van der Waals surface area contributed by atoms with E-state index in [1.54, 1.807) is 0 Å². The molecule has 96 valence electrons. The number of halogens is 1. The van der Waals surface area contributed by atoms with Crippen LogP contribution in [0.4, 0.5) is 0 Å². The van der Waals surface area contributed by atoms with Crippen LogP contribution in [0.1, 0.15) is 0 Å². The molecular formula is C17H10INO. The fourth-order valence-corrected chi connectivity index (χ4v) is 2.82. The van der Waals surface area contributed by atoms with Gasteiger partial charge in [-0.25, -0.2) is 4.98 Å². The number of benzene rings is 3. The molecule has 0 N–H and O–H groups in total. The first-order chi connectivity index (χ1) is 9.79. The van der Waals surface area contributed by atoms with Crippen LogP contribution in [0.3, 0.4) is 0 Å². The van der Waals surface area contributed by atoms with Gasteiger partial charge in [0.05, 0.1) is 0 Å². The molecule has 0 aliphatic rings. The Hall–Kier alpha value is -1.88. The van der Waals surface area contributed by atoms with Gasteiger partial charge in [-0.3, -0.25) is 0 Å². The largest absolute Gasteiger partial charge is 0.436 e. The molecule has 1 heterocycles. The quantitative estimate of drug-likeness (QED) is 0.427. The summed E-state index contributed by atoms with van der Waals surface area (Å²) in [5, 5.41) is 2.42. The fourth-order valence-electron chi connectivity index (χ4n) is 2.35. The van der Waals surface area contributed by atoms with E-state index in [-0.39, 0.29) is 0 Å². The van der Waals surface area contributed by atoms with Crippen molar-refractivity contribution in [3.8, 4) is 11.5 Å². The van der Waals surface area contributed by atoms with E-state index < -0.39 is 0 Å². The van der Waals surface area contributed by atoms with E-state index in [1.807, 2.05) is 30.3 Å². The molecule has 4 aromatic rings. The minimum absolute atomic E-state index is 0.674. The van der Waals surface area contributed by atoms with Crippen molar-refractivity contribution in [2.45, 2.75) is 0 Å². The van der Waals surface area contributed by atoms with Gasteiger partial charge in [0.1, 0.15) is 5.52 Å². The zero-order valence-electron chi connectivity index (χ0n) is 10.5. The highest BCUT2D eigenvalue weighted by molar-refractivity contribution is 14.1. The van der Waals surface area contributed by atoms with E-state index in [4.69, 9.17) is 4.42 Å². The van der Waals surface area contributed by atoms with Crippen LogP contribution in [0.15, 0.2) is 65.1 Å². The molecule has 3 heteroatoms. The maximum atomic E-state index is 5.84. The predicted octanol–water partition coefficient (Wildman–Crippen LogP) is 5.25. The third kappa shape index (κ3) is 1.98. The molecular weight excluding hydrogens is 361 g/mol. The highest BCUT2D eigenvalue weighted by Crippen LogP contribution is 2.27. The zero-order valence-corrected chi connectivity index (χ0v) is 12.7. The second kappa shape index (κ2) is 4.59. The van der Waals surface area contributed by atoms with Crippen molar-refractivity contribution in [2.75, 3.05) is 0 Å². The normalized spacial score (nSPS) is 11.2. The smallest absolute Gasteiger partial charge is 0.227 e. The van der Waals surface area contributed by atoms with Gasteiger partial charge in [-0.05, 0) is 63.7 Å². The molecule has 0 aliphatic heterocycles. The molecule has 1 aromatic heterocycles. The molecule has 2 nitrogen and oxygen atoms in total. The fraction of sp³-hybridized carbons (Fsp3) is 0. The lowest BCUT2D eigenvalue weighted by Crippen LogP contribution is -1.78. The van der Waals surface area contributed by atoms with Crippen molar-refractivity contribution >= 4 is 44.5 Å². The first-order valence-electron chi connectivity index (χ1n) is 6.35. The average Bonchev–Trinajstić information content (AvgIpc) is 2.89. The maximum Gasteiger partial charge on any atom is 0.227 e. The summed E-state index contributed by atoms with van der Waals surface area (Å²) in [7, 11) is 0. The summed E-state index contributed by atoms with van der Waals surface area (Å²) in [5.41, 5.74) is 2.74. The van der Waals surface area contributed by atoms with Crippen LogP contribution in [0.25, 0.3) is 33.3 Å². The molecule has 0 aliphatic carbocycles. The molecule has 0 amide bonds. The van der Waals surface area contributed by atoms with Gasteiger partial charge >= 0.3 is 0 Å². The van der Waals surface area contributed by atoms with Gasteiger partial charge in [0.25, 0.3) is 0 Å². The minimum Gasteiger partial charge on any atom is -0.436 e. The molecule has 0 bridgehead atoms. The molecule has 0 saturated carbocycles. The van der Waals surface area contributed by atoms with E-state index in [1.165, 1.54) is 10.8 Å². The molecule has 3 aromatic carbocycles. The molecule has 0 spiro atoms. The first kappa shape index (κ1) is 11.9. The average molecular weight is 371 g/mol. The van der Waals surface area contributed by atoms with Gasteiger partial charge in [0.2, 0.25) is 5.89 Å². The van der Waals surface area contributed by atoms with Crippen molar-refractivity contribution in [1.82, 2.24) is 4.98 Å². The Bertz CT molecular complexity index is 926. The van der Waals surface area contributed by atoms with Gasteiger partial charge in [0, 0.05) is 9.13 Å². The number of rotatable bonds is 1. The lowest BCUT2D eigenvalue weighted by Gasteiger charge is -1.99. The number of aromatic nitrogens is 1. The number of fused-ring (bicyclic) bond motifs is 2.